The molecule has 1 aliphatic rings. The van der Waals surface area contributed by atoms with E-state index >= 15 is 0 Å². The number of hydrogen-bond donors (Lipinski definition) is 1. The van der Waals surface area contributed by atoms with E-state index in [0.717, 1.165) is 21.3 Å². The van der Waals surface area contributed by atoms with Crippen molar-refractivity contribution in [1.29, 1.82) is 0 Å². The number of benzene rings is 2. The maximum atomic E-state index is 13.3. The van der Waals surface area contributed by atoms with Gasteiger partial charge in [-0.1, -0.05) is 17.4 Å². The van der Waals surface area contributed by atoms with Crippen molar-refractivity contribution >= 4 is 33.0 Å². The van der Waals surface area contributed by atoms with Crippen LogP contribution in [0.2, 0.25) is 0 Å². The highest BCUT2D eigenvalue weighted by molar-refractivity contribution is 7.20. The van der Waals surface area contributed by atoms with Gasteiger partial charge in [0, 0.05) is 30.3 Å². The van der Waals surface area contributed by atoms with Crippen LogP contribution in [0.1, 0.15) is 12.8 Å². The van der Waals surface area contributed by atoms with Gasteiger partial charge < -0.3 is 10.2 Å². The predicted octanol–water partition coefficient (Wildman–Crippen LogP) is 4.59. The first-order valence-electron chi connectivity index (χ1n) is 9.99. The number of imidazole rings is 1. The van der Waals surface area contributed by atoms with E-state index in [1.807, 2.05) is 6.20 Å². The Balaban J connectivity index is 1.22. The van der Waals surface area contributed by atoms with Gasteiger partial charge in [-0.2, -0.15) is 0 Å². The van der Waals surface area contributed by atoms with E-state index in [4.69, 9.17) is 0 Å². The summed E-state index contributed by atoms with van der Waals surface area (Å²) in [5.41, 5.74) is 2.06. The number of carbonyl (C=O) groups is 1. The average molecular weight is 439 g/mol. The fourth-order valence-corrected chi connectivity index (χ4v) is 4.66. The zero-order valence-electron chi connectivity index (χ0n) is 16.5. The summed E-state index contributed by atoms with van der Waals surface area (Å²) in [6.07, 6.45) is 3.23. The van der Waals surface area contributed by atoms with E-state index in [2.05, 4.69) is 20.3 Å². The zero-order chi connectivity index (χ0) is 21.4. The zero-order valence-corrected chi connectivity index (χ0v) is 17.3. The van der Waals surface area contributed by atoms with Crippen LogP contribution < -0.4 is 10.2 Å². The molecule has 5 rings (SSSR count). The molecule has 2 aromatic heterocycles. The summed E-state index contributed by atoms with van der Waals surface area (Å²) >= 11 is 1.49. The summed E-state index contributed by atoms with van der Waals surface area (Å²) in [5, 5.41) is 8.29. The van der Waals surface area contributed by atoms with Crippen molar-refractivity contribution < 1.29 is 13.6 Å². The Morgan fingerprint density at radius 1 is 1.06 bits per heavy atom. The van der Waals surface area contributed by atoms with Crippen LogP contribution in [0.25, 0.3) is 16.2 Å². The van der Waals surface area contributed by atoms with Gasteiger partial charge >= 0.3 is 0 Å². The van der Waals surface area contributed by atoms with Crippen LogP contribution in [-0.4, -0.2) is 33.6 Å². The minimum Gasteiger partial charge on any atom is -0.347 e. The summed E-state index contributed by atoms with van der Waals surface area (Å²) in [6, 6.07) is 12.1. The van der Waals surface area contributed by atoms with Crippen LogP contribution in [-0.2, 0) is 4.79 Å². The maximum absolute atomic E-state index is 13.3. The molecule has 6 nitrogen and oxygen atoms in total. The van der Waals surface area contributed by atoms with Crippen molar-refractivity contribution in [3.8, 4) is 11.3 Å². The van der Waals surface area contributed by atoms with Crippen LogP contribution in [0.3, 0.4) is 0 Å². The standard InChI is InChI=1S/C22H19F2N5OS/c23-16-6-4-14(5-7-16)19-13-29-21(26-19)31-22(27-29)28-10-8-15(9-11-28)20(30)25-18-3-1-2-17(24)12-18/h1-7,12-13,15H,8-11H2,(H,25,30). The van der Waals surface area contributed by atoms with Gasteiger partial charge in [-0.25, -0.2) is 18.3 Å². The molecule has 0 spiro atoms. The Morgan fingerprint density at radius 2 is 1.84 bits per heavy atom. The molecule has 1 amide bonds. The van der Waals surface area contributed by atoms with E-state index in [1.165, 1.54) is 35.6 Å². The molecule has 0 atom stereocenters. The molecule has 9 heteroatoms. The summed E-state index contributed by atoms with van der Waals surface area (Å²) in [5.74, 6) is -0.848. The van der Waals surface area contributed by atoms with Gasteiger partial charge in [-0.05, 0) is 55.3 Å². The molecule has 158 valence electrons. The van der Waals surface area contributed by atoms with Crippen molar-refractivity contribution in [2.75, 3.05) is 23.3 Å². The maximum Gasteiger partial charge on any atom is 0.227 e. The van der Waals surface area contributed by atoms with Gasteiger partial charge in [0.15, 0.2) is 0 Å². The highest BCUT2D eigenvalue weighted by atomic mass is 32.1. The van der Waals surface area contributed by atoms with Crippen molar-refractivity contribution in [3.63, 3.8) is 0 Å². The highest BCUT2D eigenvalue weighted by Gasteiger charge is 2.27. The topological polar surface area (TPSA) is 62.5 Å². The predicted molar refractivity (Wildman–Crippen MR) is 116 cm³/mol. The van der Waals surface area contributed by atoms with Gasteiger partial charge in [0.1, 0.15) is 11.6 Å². The van der Waals surface area contributed by atoms with E-state index in [1.54, 1.807) is 28.8 Å². The van der Waals surface area contributed by atoms with Gasteiger partial charge in [0.2, 0.25) is 16.0 Å². The fourth-order valence-electron chi connectivity index (χ4n) is 3.72. The first-order valence-corrected chi connectivity index (χ1v) is 10.8. The number of nitrogens with zero attached hydrogens (tertiary/aromatic N) is 4. The van der Waals surface area contributed by atoms with Crippen LogP contribution >= 0.6 is 11.3 Å². The first-order chi connectivity index (χ1) is 15.0. The van der Waals surface area contributed by atoms with Gasteiger partial charge in [-0.3, -0.25) is 4.79 Å². The Bertz CT molecular complexity index is 1200. The fraction of sp³-hybridized carbons (Fsp3) is 0.227. The molecule has 1 fully saturated rings. The molecule has 0 aliphatic carbocycles. The number of fused-ring (bicyclic) bond motifs is 1. The lowest BCUT2D eigenvalue weighted by Crippen LogP contribution is -2.38. The molecule has 2 aromatic carbocycles. The monoisotopic (exact) mass is 439 g/mol. The second kappa shape index (κ2) is 8.07. The summed E-state index contributed by atoms with van der Waals surface area (Å²) in [7, 11) is 0. The molecule has 4 aromatic rings. The van der Waals surface area contributed by atoms with Crippen LogP contribution in [0.5, 0.6) is 0 Å². The molecule has 1 N–H and O–H groups in total. The third-order valence-corrected chi connectivity index (χ3v) is 6.38. The SMILES string of the molecule is O=C(Nc1cccc(F)c1)C1CCN(c2nn3cc(-c4ccc(F)cc4)nc3s2)CC1. The van der Waals surface area contributed by atoms with Crippen molar-refractivity contribution in [3.05, 3.63) is 66.4 Å². The molecule has 0 bridgehead atoms. The van der Waals surface area contributed by atoms with Crippen LogP contribution in [0, 0.1) is 17.6 Å². The summed E-state index contributed by atoms with van der Waals surface area (Å²) < 4.78 is 28.2. The average Bonchev–Trinajstić information content (AvgIpc) is 3.34. The Hall–Kier alpha value is -3.33. The third kappa shape index (κ3) is 4.13. The number of amides is 1. The first kappa shape index (κ1) is 19.6. The van der Waals surface area contributed by atoms with Crippen LogP contribution in [0.4, 0.5) is 19.6 Å². The van der Waals surface area contributed by atoms with Crippen molar-refractivity contribution in [1.82, 2.24) is 14.6 Å². The molecule has 1 saturated heterocycles. The Labute approximate surface area is 181 Å². The number of aromatic nitrogens is 3. The molecule has 3 heterocycles. The minimum absolute atomic E-state index is 0.0804. The van der Waals surface area contributed by atoms with Crippen LogP contribution in [0.15, 0.2) is 54.7 Å². The summed E-state index contributed by atoms with van der Waals surface area (Å²) in [6.45, 7) is 1.42. The Morgan fingerprint density at radius 3 is 2.55 bits per heavy atom. The lowest BCUT2D eigenvalue weighted by molar-refractivity contribution is -0.120. The number of piperidine rings is 1. The molecule has 0 saturated carbocycles. The quantitative estimate of drug-likeness (QED) is 0.505. The number of hydrogen-bond acceptors (Lipinski definition) is 5. The normalized spacial score (nSPS) is 14.8. The number of rotatable bonds is 4. The molecular weight excluding hydrogens is 420 g/mol. The number of halogens is 2. The van der Waals surface area contributed by atoms with E-state index < -0.39 is 0 Å². The molecule has 0 radical (unpaired) electrons. The lowest BCUT2D eigenvalue weighted by atomic mass is 9.96. The summed E-state index contributed by atoms with van der Waals surface area (Å²) in [4.78, 5) is 20.0. The van der Waals surface area contributed by atoms with E-state index in [0.29, 0.717) is 31.6 Å². The van der Waals surface area contributed by atoms with Gasteiger partial charge in [-0.15, -0.1) is 5.10 Å². The number of nitrogens with one attached hydrogen (secondary N) is 1. The number of anilines is 2. The lowest BCUT2D eigenvalue weighted by Gasteiger charge is -2.30. The molecular formula is C22H19F2N5OS. The van der Waals surface area contributed by atoms with Gasteiger partial charge in [0.25, 0.3) is 0 Å². The minimum atomic E-state index is -0.371. The highest BCUT2D eigenvalue weighted by Crippen LogP contribution is 2.30. The smallest absolute Gasteiger partial charge is 0.227 e. The number of carbonyl (C=O) groups excluding carboxylic acids is 1. The second-order valence-electron chi connectivity index (χ2n) is 7.51. The Kier molecular flexibility index (Phi) is 5.11. The van der Waals surface area contributed by atoms with Crippen molar-refractivity contribution in [2.45, 2.75) is 12.8 Å². The molecule has 31 heavy (non-hydrogen) atoms. The largest absolute Gasteiger partial charge is 0.347 e. The van der Waals surface area contributed by atoms with Gasteiger partial charge in [0.05, 0.1) is 11.9 Å². The van der Waals surface area contributed by atoms with E-state index in [9.17, 15) is 13.6 Å². The van der Waals surface area contributed by atoms with E-state index in [-0.39, 0.29) is 23.5 Å². The molecule has 1 aliphatic heterocycles. The molecule has 0 unspecified atom stereocenters. The third-order valence-electron chi connectivity index (χ3n) is 5.40. The van der Waals surface area contributed by atoms with Crippen molar-refractivity contribution in [2.24, 2.45) is 5.92 Å². The second-order valence-corrected chi connectivity index (χ2v) is 8.44.